The van der Waals surface area contributed by atoms with Gasteiger partial charge >= 0.3 is 0 Å². The molecule has 0 aliphatic carbocycles. The molecule has 3 aromatic heterocycles. The Morgan fingerprint density at radius 3 is 1.83 bits per heavy atom. The summed E-state index contributed by atoms with van der Waals surface area (Å²) in [5.41, 5.74) is 9.75. The van der Waals surface area contributed by atoms with Crippen LogP contribution in [-0.2, 0) is 0 Å². The van der Waals surface area contributed by atoms with Gasteiger partial charge in [-0.2, -0.15) is 0 Å². The van der Waals surface area contributed by atoms with Crippen LogP contribution in [0.25, 0.3) is 27.5 Å². The number of ether oxygens (including phenoxy) is 3. The van der Waals surface area contributed by atoms with Crippen molar-refractivity contribution < 1.29 is 14.2 Å². The Labute approximate surface area is 276 Å². The van der Waals surface area contributed by atoms with Crippen molar-refractivity contribution in [1.29, 1.82) is 0 Å². The van der Waals surface area contributed by atoms with Crippen molar-refractivity contribution in [3.05, 3.63) is 140 Å². The molecule has 0 amide bonds. The lowest BCUT2D eigenvalue weighted by Crippen LogP contribution is -2.62. The first-order chi connectivity index (χ1) is 23.8. The lowest BCUT2D eigenvalue weighted by Gasteiger charge is -2.37. The summed E-state index contributed by atoms with van der Waals surface area (Å²) in [6.07, 6.45) is 7.24. The topological polar surface area (TPSA) is 58.4 Å². The molecule has 3 aliphatic rings. The predicted molar refractivity (Wildman–Crippen MR) is 192 cm³/mol. The van der Waals surface area contributed by atoms with Gasteiger partial charge in [0, 0.05) is 45.8 Å². The van der Waals surface area contributed by atoms with Gasteiger partial charge in [0.1, 0.15) is 34.5 Å². The van der Waals surface area contributed by atoms with E-state index in [9.17, 15) is 0 Å². The van der Waals surface area contributed by atoms with E-state index in [1.807, 2.05) is 48.9 Å². The van der Waals surface area contributed by atoms with Crippen LogP contribution in [0, 0.1) is 0 Å². The lowest BCUT2D eigenvalue weighted by atomic mass is 9.31. The molecule has 0 N–H and O–H groups in total. The van der Waals surface area contributed by atoms with Gasteiger partial charge in [-0.05, 0) is 58.9 Å². The van der Waals surface area contributed by atoms with Gasteiger partial charge in [-0.1, -0.05) is 72.2 Å². The summed E-state index contributed by atoms with van der Waals surface area (Å²) in [5, 5.41) is 2.47. The van der Waals surface area contributed by atoms with Gasteiger partial charge in [0.05, 0.1) is 23.4 Å². The van der Waals surface area contributed by atoms with Crippen LogP contribution >= 0.6 is 0 Å². The average Bonchev–Trinajstić information content (AvgIpc) is 3.48. The zero-order valence-corrected chi connectivity index (χ0v) is 25.5. The van der Waals surface area contributed by atoms with Gasteiger partial charge in [-0.15, -0.1) is 0 Å². The number of pyridine rings is 2. The highest BCUT2D eigenvalue weighted by Gasteiger charge is 2.46. The number of hydrogen-bond donors (Lipinski definition) is 0. The summed E-state index contributed by atoms with van der Waals surface area (Å²) in [4.78, 5) is 8.82. The summed E-state index contributed by atoms with van der Waals surface area (Å²) < 4.78 is 22.5. The Morgan fingerprint density at radius 1 is 0.479 bits per heavy atom. The second-order valence-corrected chi connectivity index (χ2v) is 12.5. The number of para-hydroxylation sites is 3. The molecule has 3 aliphatic heterocycles. The van der Waals surface area contributed by atoms with E-state index in [2.05, 4.69) is 99.5 Å². The first kappa shape index (κ1) is 25.9. The van der Waals surface area contributed by atoms with Crippen LogP contribution in [0.3, 0.4) is 0 Å². The third-order valence-corrected chi connectivity index (χ3v) is 10.0. The van der Waals surface area contributed by atoms with Crippen LogP contribution in [0.4, 0.5) is 0 Å². The third kappa shape index (κ3) is 3.49. The van der Waals surface area contributed by atoms with Crippen LogP contribution in [0.2, 0.25) is 0 Å². The van der Waals surface area contributed by atoms with Gasteiger partial charge in [0.25, 0.3) is 13.4 Å². The molecular weight excluding hydrogens is 592 g/mol. The fraction of sp³-hybridized carbons (Fsp3) is 0. The molecule has 0 atom stereocenters. The number of benzene rings is 5. The van der Waals surface area contributed by atoms with E-state index in [4.69, 9.17) is 14.2 Å². The van der Waals surface area contributed by atoms with Crippen LogP contribution < -0.4 is 47.0 Å². The minimum atomic E-state index is -0.170. The Morgan fingerprint density at radius 2 is 1.08 bits per heavy atom. The zero-order valence-electron chi connectivity index (χ0n) is 25.5. The summed E-state index contributed by atoms with van der Waals surface area (Å²) in [7, 11) is 0. The zero-order chi connectivity index (χ0) is 31.3. The van der Waals surface area contributed by atoms with Gasteiger partial charge < -0.3 is 18.8 Å². The smallest absolute Gasteiger partial charge is 0.260 e. The molecule has 0 spiro atoms. The number of fused-ring (bicyclic) bond motifs is 10. The first-order valence-corrected chi connectivity index (χ1v) is 16.1. The van der Waals surface area contributed by atoms with Crippen molar-refractivity contribution in [1.82, 2.24) is 14.5 Å². The highest BCUT2D eigenvalue weighted by atomic mass is 16.5. The van der Waals surface area contributed by atoms with Crippen LogP contribution in [0.5, 0.6) is 34.5 Å². The monoisotopic (exact) mass is 615 g/mol. The van der Waals surface area contributed by atoms with Crippen LogP contribution in [-0.4, -0.2) is 28.0 Å². The molecule has 6 nitrogen and oxygen atoms in total. The molecule has 8 aromatic rings. The molecule has 8 heteroatoms. The molecular formula is C40H23B2N3O3. The maximum atomic E-state index is 6.88. The molecule has 0 saturated heterocycles. The fourth-order valence-corrected chi connectivity index (χ4v) is 8.08. The van der Waals surface area contributed by atoms with Crippen LogP contribution in [0.15, 0.2) is 140 Å². The van der Waals surface area contributed by atoms with Gasteiger partial charge in [0.15, 0.2) is 0 Å². The summed E-state index contributed by atoms with van der Waals surface area (Å²) in [6, 6.07) is 40.5. The maximum absolute atomic E-state index is 6.88. The van der Waals surface area contributed by atoms with E-state index in [0.717, 1.165) is 61.5 Å². The molecule has 0 unspecified atom stereocenters. The Balaban J connectivity index is 1.18. The van der Waals surface area contributed by atoms with E-state index < -0.39 is 0 Å². The minimum Gasteiger partial charge on any atom is -0.458 e. The van der Waals surface area contributed by atoms with E-state index >= 15 is 0 Å². The van der Waals surface area contributed by atoms with E-state index in [1.54, 1.807) is 6.20 Å². The van der Waals surface area contributed by atoms with Gasteiger partial charge in [0.2, 0.25) is 0 Å². The molecule has 48 heavy (non-hydrogen) atoms. The molecule has 5 aromatic carbocycles. The summed E-state index contributed by atoms with van der Waals surface area (Å²) in [6.45, 7) is -0.267. The first-order valence-electron chi connectivity index (χ1n) is 16.1. The number of aromatic nitrogens is 3. The fourth-order valence-electron chi connectivity index (χ4n) is 8.08. The Bertz CT molecular complexity index is 2590. The standard InChI is InChI=1S/C40H23B2N3O3/c1-4-13-31-26(10-1)27-11-2-5-14-32(27)45(31)25-9-7-8-24(20-25)41-28-12-3-6-15-33(28)46-34-21-35-39-40(38(34)41)48-37-23-44-19-17-30(37)42(39)29-16-18-43-22-36(29)47-35/h1-23H. The van der Waals surface area contributed by atoms with Crippen LogP contribution in [0.1, 0.15) is 0 Å². The molecule has 0 radical (unpaired) electrons. The van der Waals surface area contributed by atoms with Crippen molar-refractivity contribution in [2.75, 3.05) is 0 Å². The highest BCUT2D eigenvalue weighted by Crippen LogP contribution is 2.39. The molecule has 0 bridgehead atoms. The Hall–Kier alpha value is -6.27. The van der Waals surface area contributed by atoms with Crippen molar-refractivity contribution in [3.63, 3.8) is 0 Å². The maximum Gasteiger partial charge on any atom is 0.260 e. The third-order valence-electron chi connectivity index (χ3n) is 10.0. The van der Waals surface area contributed by atoms with E-state index in [-0.39, 0.29) is 13.4 Å². The van der Waals surface area contributed by atoms with Crippen molar-refractivity contribution in [3.8, 4) is 40.2 Å². The summed E-state index contributed by atoms with van der Waals surface area (Å²) >= 11 is 0. The molecule has 0 fully saturated rings. The lowest BCUT2D eigenvalue weighted by molar-refractivity contribution is 0.445. The molecule has 0 saturated carbocycles. The Kier molecular flexibility index (Phi) is 5.19. The van der Waals surface area contributed by atoms with E-state index in [1.165, 1.54) is 21.8 Å². The normalized spacial score (nSPS) is 13.4. The van der Waals surface area contributed by atoms with Crippen molar-refractivity contribution in [2.24, 2.45) is 0 Å². The molecule has 6 heterocycles. The minimum absolute atomic E-state index is 0.0967. The van der Waals surface area contributed by atoms with Gasteiger partial charge in [-0.3, -0.25) is 9.97 Å². The van der Waals surface area contributed by atoms with Crippen molar-refractivity contribution >= 4 is 68.0 Å². The molecule has 222 valence electrons. The number of rotatable bonds is 2. The summed E-state index contributed by atoms with van der Waals surface area (Å²) in [5.74, 6) is 4.48. The highest BCUT2D eigenvalue weighted by molar-refractivity contribution is 7.01. The largest absolute Gasteiger partial charge is 0.458 e. The van der Waals surface area contributed by atoms with Gasteiger partial charge in [-0.25, -0.2) is 0 Å². The second kappa shape index (κ2) is 9.62. The predicted octanol–water partition coefficient (Wildman–Crippen LogP) is 4.92. The SMILES string of the molecule is c1cc(B2c3ccccc3Oc3cc4c5c(c32)Oc2cnccc2B5c2ccncc2O4)cc(-n2c3ccccc3c3ccccc32)c1. The second-order valence-electron chi connectivity index (χ2n) is 12.5. The average molecular weight is 615 g/mol. The quantitative estimate of drug-likeness (QED) is 0.259. The number of hydrogen-bond acceptors (Lipinski definition) is 5. The van der Waals surface area contributed by atoms with E-state index in [0.29, 0.717) is 11.5 Å². The number of nitrogens with zero attached hydrogens (tertiary/aromatic N) is 3. The molecule has 11 rings (SSSR count). The van der Waals surface area contributed by atoms with Crippen molar-refractivity contribution in [2.45, 2.75) is 0 Å².